The lowest BCUT2D eigenvalue weighted by atomic mass is 10.1. The lowest BCUT2D eigenvalue weighted by Gasteiger charge is -2.13. The van der Waals surface area contributed by atoms with E-state index in [4.69, 9.17) is 26.8 Å². The van der Waals surface area contributed by atoms with Gasteiger partial charge in [-0.1, -0.05) is 61.9 Å². The van der Waals surface area contributed by atoms with Crippen LogP contribution >= 0.6 is 24.0 Å². The highest BCUT2D eigenvalue weighted by atomic mass is 32.2. The number of hydrogen-bond donors (Lipinski definition) is 0. The van der Waals surface area contributed by atoms with Crippen molar-refractivity contribution in [3.05, 3.63) is 65.2 Å². The van der Waals surface area contributed by atoms with Gasteiger partial charge in [0.25, 0.3) is 5.91 Å². The van der Waals surface area contributed by atoms with Crippen molar-refractivity contribution < 1.29 is 14.3 Å². The average molecular weight is 478 g/mol. The van der Waals surface area contributed by atoms with Crippen molar-refractivity contribution in [3.63, 3.8) is 0 Å². The average Bonchev–Trinajstić information content (AvgIpc) is 3.53. The Labute approximate surface area is 202 Å². The third-order valence-corrected chi connectivity index (χ3v) is 6.93. The first-order chi connectivity index (χ1) is 16.1. The van der Waals surface area contributed by atoms with Crippen LogP contribution in [0.5, 0.6) is 11.5 Å². The summed E-state index contributed by atoms with van der Waals surface area (Å²) in [5.74, 6) is 1.37. The highest BCUT2D eigenvalue weighted by Crippen LogP contribution is 2.38. The van der Waals surface area contributed by atoms with Crippen LogP contribution in [0.15, 0.2) is 59.6 Å². The number of hydrogen-bond acceptors (Lipinski definition) is 6. The van der Waals surface area contributed by atoms with E-state index < -0.39 is 0 Å². The van der Waals surface area contributed by atoms with E-state index in [2.05, 4.69) is 6.92 Å². The first kappa shape index (κ1) is 21.7. The molecule has 33 heavy (non-hydrogen) atoms. The van der Waals surface area contributed by atoms with Crippen LogP contribution in [0.3, 0.4) is 0 Å². The molecule has 2 aliphatic heterocycles. The highest BCUT2D eigenvalue weighted by molar-refractivity contribution is 8.26. The van der Waals surface area contributed by atoms with Crippen LogP contribution in [0, 0.1) is 0 Å². The van der Waals surface area contributed by atoms with Gasteiger partial charge in [-0.05, 0) is 42.8 Å². The van der Waals surface area contributed by atoms with E-state index in [1.54, 1.807) is 4.90 Å². The molecule has 1 amide bonds. The molecular formula is C25H23N3O3S2. The Bertz CT molecular complexity index is 1240. The predicted molar refractivity (Wildman–Crippen MR) is 135 cm³/mol. The van der Waals surface area contributed by atoms with E-state index in [0.29, 0.717) is 21.5 Å². The van der Waals surface area contributed by atoms with Crippen LogP contribution < -0.4 is 9.47 Å². The van der Waals surface area contributed by atoms with Crippen LogP contribution in [0.2, 0.25) is 0 Å². The summed E-state index contributed by atoms with van der Waals surface area (Å²) in [5, 5.41) is 4.85. The normalized spacial score (nSPS) is 16.3. The summed E-state index contributed by atoms with van der Waals surface area (Å²) in [6, 6.07) is 15.7. The minimum atomic E-state index is -0.0369. The monoisotopic (exact) mass is 477 g/mol. The van der Waals surface area contributed by atoms with E-state index >= 15 is 0 Å². The van der Waals surface area contributed by atoms with Crippen LogP contribution in [0.1, 0.15) is 31.7 Å². The molecule has 0 spiro atoms. The van der Waals surface area contributed by atoms with Crippen molar-refractivity contribution in [2.45, 2.75) is 26.2 Å². The minimum Gasteiger partial charge on any atom is -0.454 e. The number of para-hydroxylation sites is 1. The summed E-state index contributed by atoms with van der Waals surface area (Å²) in [7, 11) is 0. The van der Waals surface area contributed by atoms with Gasteiger partial charge in [0.1, 0.15) is 10.0 Å². The van der Waals surface area contributed by atoms with Crippen molar-refractivity contribution in [2.75, 3.05) is 13.3 Å². The maximum Gasteiger partial charge on any atom is 0.266 e. The minimum absolute atomic E-state index is 0.0369. The Morgan fingerprint density at radius 2 is 1.94 bits per heavy atom. The summed E-state index contributed by atoms with van der Waals surface area (Å²) in [4.78, 5) is 15.4. The number of nitrogens with zero attached hydrogens (tertiary/aromatic N) is 3. The van der Waals surface area contributed by atoms with Crippen molar-refractivity contribution >= 4 is 40.3 Å². The van der Waals surface area contributed by atoms with Crippen LogP contribution in [0.25, 0.3) is 23.0 Å². The summed E-state index contributed by atoms with van der Waals surface area (Å²) >= 11 is 6.85. The number of thioether (sulfide) groups is 1. The highest BCUT2D eigenvalue weighted by Gasteiger charge is 2.32. The summed E-state index contributed by atoms with van der Waals surface area (Å²) in [6.07, 6.45) is 6.96. The number of carbonyl (C=O) groups is 1. The second kappa shape index (κ2) is 9.41. The van der Waals surface area contributed by atoms with Gasteiger partial charge in [0.2, 0.25) is 6.79 Å². The molecule has 0 bridgehead atoms. The van der Waals surface area contributed by atoms with Crippen LogP contribution in [-0.2, 0) is 4.79 Å². The Morgan fingerprint density at radius 3 is 2.76 bits per heavy atom. The first-order valence-electron chi connectivity index (χ1n) is 10.9. The molecule has 0 unspecified atom stereocenters. The fourth-order valence-corrected chi connectivity index (χ4v) is 5.13. The van der Waals surface area contributed by atoms with Gasteiger partial charge in [0.15, 0.2) is 11.5 Å². The lowest BCUT2D eigenvalue weighted by molar-refractivity contribution is -0.122. The Hall–Kier alpha value is -3.10. The fraction of sp³-hybridized carbons (Fsp3) is 0.240. The zero-order valence-corrected chi connectivity index (χ0v) is 19.8. The van der Waals surface area contributed by atoms with Gasteiger partial charge < -0.3 is 9.47 Å². The molecular weight excluding hydrogens is 454 g/mol. The second-order valence-corrected chi connectivity index (χ2v) is 9.50. The molecule has 3 aromatic rings. The van der Waals surface area contributed by atoms with E-state index in [-0.39, 0.29) is 12.7 Å². The Morgan fingerprint density at radius 1 is 1.12 bits per heavy atom. The largest absolute Gasteiger partial charge is 0.454 e. The maximum absolute atomic E-state index is 13.1. The molecule has 3 heterocycles. The number of benzene rings is 2. The molecule has 6 nitrogen and oxygen atoms in total. The van der Waals surface area contributed by atoms with Gasteiger partial charge in [-0.3, -0.25) is 9.69 Å². The van der Waals surface area contributed by atoms with Gasteiger partial charge in [-0.15, -0.1) is 0 Å². The molecule has 2 aliphatic rings. The fourth-order valence-electron chi connectivity index (χ4n) is 3.83. The molecule has 168 valence electrons. The SMILES string of the molecule is CCCCCN1C(=O)/C(=C/c2cn(-c3ccccc3)nc2-c2ccc3c(c2)OCO3)SC1=S. The zero-order valence-electron chi connectivity index (χ0n) is 18.2. The second-order valence-electron chi connectivity index (χ2n) is 7.82. The number of unbranched alkanes of at least 4 members (excludes halogenated alkanes) is 2. The standard InChI is InChI=1S/C25H23N3O3S2/c1-2-3-7-12-27-24(29)22(33-25(27)32)14-18-15-28(19-8-5-4-6-9-19)26-23(18)17-10-11-20-21(13-17)31-16-30-20/h4-6,8-11,13-15H,2-3,7,12,16H2,1H3/b22-14-. The van der Waals surface area contributed by atoms with Crippen LogP contribution in [-0.4, -0.2) is 38.2 Å². The molecule has 0 saturated carbocycles. The number of fused-ring (bicyclic) bond motifs is 1. The number of ether oxygens (including phenoxy) is 2. The third kappa shape index (κ3) is 4.41. The van der Waals surface area contributed by atoms with Gasteiger partial charge in [-0.2, -0.15) is 5.10 Å². The third-order valence-electron chi connectivity index (χ3n) is 5.55. The molecule has 0 atom stereocenters. The zero-order chi connectivity index (χ0) is 22.8. The molecule has 1 saturated heterocycles. The smallest absolute Gasteiger partial charge is 0.266 e. The molecule has 0 aliphatic carbocycles. The molecule has 8 heteroatoms. The first-order valence-corrected chi connectivity index (χ1v) is 12.2. The molecule has 1 aromatic heterocycles. The van der Waals surface area contributed by atoms with Crippen molar-refractivity contribution in [2.24, 2.45) is 0 Å². The summed E-state index contributed by atoms with van der Waals surface area (Å²) < 4.78 is 13.5. The molecule has 0 N–H and O–H groups in total. The van der Waals surface area contributed by atoms with Crippen molar-refractivity contribution in [1.29, 1.82) is 0 Å². The van der Waals surface area contributed by atoms with Gasteiger partial charge in [-0.25, -0.2) is 4.68 Å². The van der Waals surface area contributed by atoms with Gasteiger partial charge in [0, 0.05) is 23.9 Å². The van der Waals surface area contributed by atoms with Crippen molar-refractivity contribution in [1.82, 2.24) is 14.7 Å². The van der Waals surface area contributed by atoms with E-state index in [1.807, 2.05) is 65.5 Å². The quantitative estimate of drug-likeness (QED) is 0.249. The number of aromatic nitrogens is 2. The molecule has 1 fully saturated rings. The Kier molecular flexibility index (Phi) is 6.20. The molecule has 5 rings (SSSR count). The van der Waals surface area contributed by atoms with E-state index in [1.165, 1.54) is 11.8 Å². The number of thiocarbonyl (C=S) groups is 1. The topological polar surface area (TPSA) is 56.6 Å². The number of carbonyl (C=O) groups excluding carboxylic acids is 1. The van der Waals surface area contributed by atoms with Gasteiger partial charge >= 0.3 is 0 Å². The Balaban J connectivity index is 1.53. The number of amides is 1. The van der Waals surface area contributed by atoms with Crippen LogP contribution in [0.4, 0.5) is 0 Å². The number of rotatable bonds is 7. The van der Waals surface area contributed by atoms with E-state index in [9.17, 15) is 4.79 Å². The van der Waals surface area contributed by atoms with E-state index in [0.717, 1.165) is 47.5 Å². The maximum atomic E-state index is 13.1. The summed E-state index contributed by atoms with van der Waals surface area (Å²) in [6.45, 7) is 3.02. The molecule has 0 radical (unpaired) electrons. The predicted octanol–water partition coefficient (Wildman–Crippen LogP) is 5.66. The molecule has 2 aromatic carbocycles. The van der Waals surface area contributed by atoms with Gasteiger partial charge in [0.05, 0.1) is 10.6 Å². The lowest BCUT2D eigenvalue weighted by Crippen LogP contribution is -2.28. The summed E-state index contributed by atoms with van der Waals surface area (Å²) in [5.41, 5.74) is 3.42. The van der Waals surface area contributed by atoms with Crippen molar-refractivity contribution in [3.8, 4) is 28.4 Å².